The van der Waals surface area contributed by atoms with Crippen molar-refractivity contribution in [1.82, 2.24) is 4.98 Å². The number of esters is 1. The summed E-state index contributed by atoms with van der Waals surface area (Å²) in [5.41, 5.74) is 1.18. The second-order valence-corrected chi connectivity index (χ2v) is 7.82. The molecule has 0 amide bonds. The van der Waals surface area contributed by atoms with E-state index in [1.165, 1.54) is 35.6 Å². The van der Waals surface area contributed by atoms with Gasteiger partial charge < -0.3 is 9.47 Å². The first-order chi connectivity index (χ1) is 12.9. The average molecular weight is 404 g/mol. The monoisotopic (exact) mass is 404 g/mol. The van der Waals surface area contributed by atoms with Crippen LogP contribution in [0.4, 0.5) is 0 Å². The molecule has 0 aliphatic rings. The lowest BCUT2D eigenvalue weighted by Crippen LogP contribution is -2.13. The molecule has 0 atom stereocenters. The number of carbonyl (C=O) groups excluding carboxylic acids is 1. The van der Waals surface area contributed by atoms with E-state index in [2.05, 4.69) is 4.98 Å². The fraction of sp³-hybridized carbons (Fsp3) is 0.111. The Labute approximate surface area is 160 Å². The fourth-order valence-corrected chi connectivity index (χ4v) is 3.49. The largest absolute Gasteiger partial charge is 0.490 e. The molecule has 1 aromatic heterocycles. The van der Waals surface area contributed by atoms with Crippen LogP contribution in [-0.2, 0) is 14.8 Å². The van der Waals surface area contributed by atoms with E-state index < -0.39 is 16.0 Å². The molecule has 7 nitrogen and oxygen atoms in total. The Kier molecular flexibility index (Phi) is 5.84. The van der Waals surface area contributed by atoms with E-state index in [1.807, 2.05) is 30.3 Å². The maximum absolute atomic E-state index is 12.0. The van der Waals surface area contributed by atoms with Crippen molar-refractivity contribution in [2.75, 3.05) is 13.2 Å². The maximum atomic E-state index is 12.0. The Morgan fingerprint density at radius 3 is 2.41 bits per heavy atom. The smallest absolute Gasteiger partial charge is 0.357 e. The van der Waals surface area contributed by atoms with Crippen LogP contribution in [0.15, 0.2) is 64.9 Å². The van der Waals surface area contributed by atoms with Crippen LogP contribution in [0.25, 0.3) is 10.6 Å². The molecule has 27 heavy (non-hydrogen) atoms. The lowest BCUT2D eigenvalue weighted by molar-refractivity contribution is 0.0444. The second kappa shape index (κ2) is 8.30. The SMILES string of the molecule is NS(=O)(=O)c1ccc(OCCOC(=O)c2csc(-c3ccccc3)n2)cc1. The molecule has 3 rings (SSSR count). The van der Waals surface area contributed by atoms with Crippen molar-refractivity contribution in [3.05, 3.63) is 65.7 Å². The molecule has 0 saturated carbocycles. The highest BCUT2D eigenvalue weighted by Crippen LogP contribution is 2.23. The van der Waals surface area contributed by atoms with E-state index in [9.17, 15) is 13.2 Å². The van der Waals surface area contributed by atoms with Crippen LogP contribution in [0, 0.1) is 0 Å². The van der Waals surface area contributed by atoms with E-state index in [1.54, 1.807) is 5.38 Å². The summed E-state index contributed by atoms with van der Waals surface area (Å²) >= 11 is 1.37. The van der Waals surface area contributed by atoms with Gasteiger partial charge in [-0.1, -0.05) is 30.3 Å². The van der Waals surface area contributed by atoms with Gasteiger partial charge in [-0.05, 0) is 24.3 Å². The highest BCUT2D eigenvalue weighted by atomic mass is 32.2. The number of ether oxygens (including phenoxy) is 2. The number of hydrogen-bond donors (Lipinski definition) is 1. The zero-order valence-corrected chi connectivity index (χ0v) is 15.7. The van der Waals surface area contributed by atoms with Crippen molar-refractivity contribution in [1.29, 1.82) is 0 Å². The van der Waals surface area contributed by atoms with Crippen molar-refractivity contribution in [2.24, 2.45) is 5.14 Å². The minimum atomic E-state index is -3.74. The zero-order chi connectivity index (χ0) is 19.3. The number of sulfonamides is 1. The minimum absolute atomic E-state index is 0.000898. The predicted octanol–water partition coefficient (Wildman–Crippen LogP) is 2.69. The Morgan fingerprint density at radius 2 is 1.74 bits per heavy atom. The number of primary sulfonamides is 1. The molecule has 1 heterocycles. The van der Waals surface area contributed by atoms with E-state index in [0.717, 1.165) is 10.6 Å². The first-order valence-corrected chi connectivity index (χ1v) is 10.3. The van der Waals surface area contributed by atoms with Gasteiger partial charge in [0.25, 0.3) is 0 Å². The molecule has 0 unspecified atom stereocenters. The summed E-state index contributed by atoms with van der Waals surface area (Å²) in [5, 5.41) is 7.42. The van der Waals surface area contributed by atoms with Gasteiger partial charge in [0.15, 0.2) is 5.69 Å². The van der Waals surface area contributed by atoms with Gasteiger partial charge in [0.1, 0.15) is 24.0 Å². The van der Waals surface area contributed by atoms with Gasteiger partial charge in [-0.15, -0.1) is 11.3 Å². The molecule has 0 aliphatic carbocycles. The van der Waals surface area contributed by atoms with Crippen molar-refractivity contribution in [3.63, 3.8) is 0 Å². The van der Waals surface area contributed by atoms with E-state index in [0.29, 0.717) is 5.75 Å². The van der Waals surface area contributed by atoms with Crippen LogP contribution in [0.3, 0.4) is 0 Å². The maximum Gasteiger partial charge on any atom is 0.357 e. The topological polar surface area (TPSA) is 109 Å². The number of nitrogens with two attached hydrogens (primary N) is 1. The van der Waals surface area contributed by atoms with E-state index >= 15 is 0 Å². The highest BCUT2D eigenvalue weighted by molar-refractivity contribution is 7.89. The average Bonchev–Trinajstić information content (AvgIpc) is 3.16. The number of aromatic nitrogens is 1. The fourth-order valence-electron chi connectivity index (χ4n) is 2.17. The van der Waals surface area contributed by atoms with Crippen molar-refractivity contribution in [2.45, 2.75) is 4.90 Å². The summed E-state index contributed by atoms with van der Waals surface area (Å²) < 4.78 is 32.9. The third-order valence-corrected chi connectivity index (χ3v) is 5.29. The Hall–Kier alpha value is -2.75. The molecule has 0 saturated heterocycles. The molecule has 3 aromatic rings. The highest BCUT2D eigenvalue weighted by Gasteiger charge is 2.13. The number of hydrogen-bond acceptors (Lipinski definition) is 7. The zero-order valence-electron chi connectivity index (χ0n) is 14.1. The molecular formula is C18H16N2O5S2. The number of carbonyl (C=O) groups is 1. The van der Waals surface area contributed by atoms with Gasteiger partial charge in [-0.3, -0.25) is 0 Å². The number of thiazole rings is 1. The van der Waals surface area contributed by atoms with E-state index in [-0.39, 0.29) is 23.8 Å². The van der Waals surface area contributed by atoms with Gasteiger partial charge in [0.05, 0.1) is 4.90 Å². The normalized spacial score (nSPS) is 11.1. The van der Waals surface area contributed by atoms with E-state index in [4.69, 9.17) is 14.6 Å². The molecule has 2 N–H and O–H groups in total. The summed E-state index contributed by atoms with van der Waals surface area (Å²) in [5.74, 6) is -0.0833. The summed E-state index contributed by atoms with van der Waals surface area (Å²) in [4.78, 5) is 16.3. The number of nitrogens with zero attached hydrogens (tertiary/aromatic N) is 1. The van der Waals surface area contributed by atoms with Gasteiger partial charge in [-0.2, -0.15) is 0 Å². The van der Waals surface area contributed by atoms with Crippen molar-refractivity contribution >= 4 is 27.3 Å². The Bertz CT molecular complexity index is 1020. The number of benzene rings is 2. The van der Waals surface area contributed by atoms with Crippen LogP contribution in [-0.4, -0.2) is 32.6 Å². The van der Waals surface area contributed by atoms with Gasteiger partial charge >= 0.3 is 5.97 Å². The molecule has 0 bridgehead atoms. The van der Waals surface area contributed by atoms with Crippen LogP contribution in [0.1, 0.15) is 10.5 Å². The molecule has 0 fully saturated rings. The van der Waals surface area contributed by atoms with Crippen molar-refractivity contribution < 1.29 is 22.7 Å². The molecule has 140 valence electrons. The second-order valence-electron chi connectivity index (χ2n) is 5.40. The lowest BCUT2D eigenvalue weighted by atomic mass is 10.2. The summed E-state index contributed by atoms with van der Waals surface area (Å²) in [7, 11) is -3.74. The van der Waals surface area contributed by atoms with Crippen LogP contribution in [0.2, 0.25) is 0 Å². The Morgan fingerprint density at radius 1 is 1.04 bits per heavy atom. The molecule has 0 aliphatic heterocycles. The molecule has 9 heteroatoms. The predicted molar refractivity (Wildman–Crippen MR) is 101 cm³/mol. The molecular weight excluding hydrogens is 388 g/mol. The van der Waals surface area contributed by atoms with Gasteiger partial charge in [0.2, 0.25) is 10.0 Å². The van der Waals surface area contributed by atoms with Gasteiger partial charge in [0, 0.05) is 10.9 Å². The third-order valence-electron chi connectivity index (χ3n) is 3.47. The number of rotatable bonds is 7. The van der Waals surface area contributed by atoms with Crippen LogP contribution in [0.5, 0.6) is 5.75 Å². The molecule has 0 radical (unpaired) electrons. The first kappa shape index (κ1) is 19.0. The first-order valence-electron chi connectivity index (χ1n) is 7.87. The standard InChI is InChI=1S/C18H16N2O5S2/c19-27(22,23)15-8-6-14(7-9-15)24-10-11-25-18(21)16-12-26-17(20-16)13-4-2-1-3-5-13/h1-9,12H,10-11H2,(H2,19,22,23). The third kappa shape index (κ3) is 5.13. The lowest BCUT2D eigenvalue weighted by Gasteiger charge is -2.07. The van der Waals surface area contributed by atoms with Crippen molar-refractivity contribution in [3.8, 4) is 16.3 Å². The van der Waals surface area contributed by atoms with Crippen LogP contribution < -0.4 is 9.88 Å². The summed E-state index contributed by atoms with van der Waals surface area (Å²) in [6, 6.07) is 15.2. The summed E-state index contributed by atoms with van der Waals surface area (Å²) in [6.45, 7) is 0.157. The summed E-state index contributed by atoms with van der Waals surface area (Å²) in [6.07, 6.45) is 0. The Balaban J connectivity index is 1.48. The minimum Gasteiger partial charge on any atom is -0.490 e. The molecule has 0 spiro atoms. The molecule has 2 aromatic carbocycles. The van der Waals surface area contributed by atoms with Gasteiger partial charge in [-0.25, -0.2) is 23.3 Å². The quantitative estimate of drug-likeness (QED) is 0.479. The van der Waals surface area contributed by atoms with Crippen LogP contribution >= 0.6 is 11.3 Å².